The Morgan fingerprint density at radius 1 is 0.940 bits per heavy atom. The van der Waals surface area contributed by atoms with Crippen molar-refractivity contribution in [3.8, 4) is 0 Å². The molecule has 0 aliphatic rings. The van der Waals surface area contributed by atoms with Crippen LogP contribution in [0.1, 0.15) is 48.7 Å². The lowest BCUT2D eigenvalue weighted by atomic mass is 9.88. The Hall–Kier alpha value is -5.57. The minimum absolute atomic E-state index is 0.000600. The van der Waals surface area contributed by atoms with Crippen LogP contribution >= 0.6 is 0 Å². The highest BCUT2D eigenvalue weighted by molar-refractivity contribution is 5.97. The monoisotopic (exact) mass is 702 g/mol. The fourth-order valence-corrected chi connectivity index (χ4v) is 4.70. The SMILES string of the molecule is CC[C@H](NC(=O)[C@@H](CC(=O)CC[C@H](NC(=O)c1ccc(NCc2cnc3nc(N)[nH]c(=O)c3n2)cc1)C(=O)O)[C@@H](O)[C@H](O)[C@H](O)CO)C(=O)O. The normalized spacial score (nSPS) is 14.8. The summed E-state index contributed by atoms with van der Waals surface area (Å²) in [5.41, 5.74) is 6.06. The van der Waals surface area contributed by atoms with Gasteiger partial charge >= 0.3 is 11.9 Å². The summed E-state index contributed by atoms with van der Waals surface area (Å²) in [6, 6.07) is 2.92. The molecule has 20 heteroatoms. The number of ketones is 1. The number of aliphatic hydroxyl groups is 4. The van der Waals surface area contributed by atoms with E-state index in [1.807, 2.05) is 0 Å². The van der Waals surface area contributed by atoms with Gasteiger partial charge in [-0.05, 0) is 37.1 Å². The third kappa shape index (κ3) is 10.5. The topological polar surface area (TPSA) is 340 Å². The van der Waals surface area contributed by atoms with Crippen LogP contribution in [0, 0.1) is 5.92 Å². The number of nitrogen functional groups attached to an aromatic ring is 1. The average Bonchev–Trinajstić information content (AvgIpc) is 3.09. The van der Waals surface area contributed by atoms with Gasteiger partial charge in [0.05, 0.1) is 37.1 Å². The number of hydrogen-bond donors (Lipinski definition) is 11. The Kier molecular flexibility index (Phi) is 13.8. The summed E-state index contributed by atoms with van der Waals surface area (Å²) in [7, 11) is 0. The number of anilines is 2. The number of hydrogen-bond acceptors (Lipinski definition) is 15. The number of H-pyrrole nitrogens is 1. The lowest BCUT2D eigenvalue weighted by molar-refractivity contribution is -0.147. The summed E-state index contributed by atoms with van der Waals surface area (Å²) < 4.78 is 0. The molecule has 12 N–H and O–H groups in total. The van der Waals surface area contributed by atoms with Gasteiger partial charge in [0.15, 0.2) is 11.2 Å². The zero-order valence-electron chi connectivity index (χ0n) is 26.6. The van der Waals surface area contributed by atoms with Gasteiger partial charge in [0.1, 0.15) is 30.1 Å². The zero-order chi connectivity index (χ0) is 37.1. The van der Waals surface area contributed by atoms with Crippen molar-refractivity contribution >= 4 is 52.3 Å². The number of carbonyl (C=O) groups excluding carboxylic acids is 3. The molecule has 3 aromatic rings. The summed E-state index contributed by atoms with van der Waals surface area (Å²) in [6.45, 7) is 0.604. The van der Waals surface area contributed by atoms with Crippen LogP contribution in [-0.2, 0) is 25.7 Å². The third-order valence-corrected chi connectivity index (χ3v) is 7.57. The highest BCUT2D eigenvalue weighted by atomic mass is 16.4. The second kappa shape index (κ2) is 17.7. The fourth-order valence-electron chi connectivity index (χ4n) is 4.70. The maximum atomic E-state index is 12.8. The van der Waals surface area contributed by atoms with E-state index in [0.29, 0.717) is 11.4 Å². The highest BCUT2D eigenvalue weighted by Gasteiger charge is 2.38. The molecule has 0 bridgehead atoms. The minimum Gasteiger partial charge on any atom is -0.480 e. The van der Waals surface area contributed by atoms with Gasteiger partial charge in [-0.1, -0.05) is 6.92 Å². The van der Waals surface area contributed by atoms with Crippen molar-refractivity contribution in [2.45, 2.75) is 69.5 Å². The average molecular weight is 703 g/mol. The van der Waals surface area contributed by atoms with Gasteiger partial charge in [0.25, 0.3) is 11.5 Å². The van der Waals surface area contributed by atoms with Crippen LogP contribution in [0.25, 0.3) is 11.2 Å². The predicted octanol–water partition coefficient (Wildman–Crippen LogP) is -2.50. The van der Waals surface area contributed by atoms with E-state index < -0.39 is 97.3 Å². The molecule has 0 fully saturated rings. The predicted molar refractivity (Wildman–Crippen MR) is 172 cm³/mol. The van der Waals surface area contributed by atoms with Crippen molar-refractivity contribution < 1.29 is 54.6 Å². The molecule has 20 nitrogen and oxygen atoms in total. The van der Waals surface area contributed by atoms with Gasteiger partial charge in [-0.2, -0.15) is 4.98 Å². The van der Waals surface area contributed by atoms with Gasteiger partial charge in [-0.3, -0.25) is 24.2 Å². The first-order valence-corrected chi connectivity index (χ1v) is 15.2. The van der Waals surface area contributed by atoms with Gasteiger partial charge in [-0.15, -0.1) is 0 Å². The van der Waals surface area contributed by atoms with E-state index in [1.54, 1.807) is 0 Å². The molecule has 2 heterocycles. The molecular weight excluding hydrogens is 664 g/mol. The number of fused-ring (bicyclic) bond motifs is 1. The Balaban J connectivity index is 1.61. The molecule has 50 heavy (non-hydrogen) atoms. The minimum atomic E-state index is -2.11. The number of Topliss-reactive ketones (excluding diaryl/α,β-unsaturated/α-hetero) is 1. The van der Waals surface area contributed by atoms with Crippen LogP contribution in [0.15, 0.2) is 35.3 Å². The second-order valence-electron chi connectivity index (χ2n) is 11.2. The number of carboxylic acid groups (broad SMARTS) is 2. The van der Waals surface area contributed by atoms with Gasteiger partial charge in [0, 0.05) is 24.1 Å². The Morgan fingerprint density at radius 2 is 1.60 bits per heavy atom. The Morgan fingerprint density at radius 3 is 2.20 bits per heavy atom. The van der Waals surface area contributed by atoms with Crippen LogP contribution in [-0.4, -0.2) is 117 Å². The summed E-state index contributed by atoms with van der Waals surface area (Å²) in [5.74, 6) is -7.44. The van der Waals surface area contributed by atoms with E-state index in [2.05, 4.69) is 35.9 Å². The van der Waals surface area contributed by atoms with Crippen LogP contribution in [0.2, 0.25) is 0 Å². The number of carboxylic acids is 2. The van der Waals surface area contributed by atoms with E-state index in [4.69, 9.17) is 10.8 Å². The summed E-state index contributed by atoms with van der Waals surface area (Å²) >= 11 is 0. The smallest absolute Gasteiger partial charge is 0.326 e. The quantitative estimate of drug-likeness (QED) is 0.0615. The molecule has 2 amide bonds. The molecule has 0 radical (unpaired) electrons. The molecule has 0 unspecified atom stereocenters. The molecular formula is C30H38N8O12. The van der Waals surface area contributed by atoms with Crippen LogP contribution < -0.4 is 27.2 Å². The number of aliphatic carboxylic acids is 2. The Bertz CT molecular complexity index is 1750. The number of aliphatic hydroxyl groups excluding tert-OH is 4. The standard InChI is InChI=1S/C30H38N8O12/c1-2-18(28(47)48)35-26(45)17(22(42)23(43)20(41)12-39)9-16(40)7-8-19(29(49)50)36-25(44)13-3-5-14(6-4-13)32-10-15-11-33-24-21(34-15)27(46)38-30(31)37-24/h3-6,11,17-20,22-23,32,39,41-43H,2,7-10,12H2,1H3,(H,35,45)(H,36,44)(H,47,48)(H,49,50)(H3,31,33,37,38,46)/t17-,18-,19-,20+,22+,23+/m0/s1. The number of aromatic nitrogens is 4. The molecule has 6 atom stereocenters. The maximum Gasteiger partial charge on any atom is 0.326 e. The second-order valence-corrected chi connectivity index (χ2v) is 11.2. The Labute approximate surface area is 282 Å². The number of nitrogens with two attached hydrogens (primary N) is 1. The van der Waals surface area contributed by atoms with Crippen molar-refractivity contribution in [1.82, 2.24) is 30.6 Å². The molecule has 270 valence electrons. The summed E-state index contributed by atoms with van der Waals surface area (Å²) in [5, 5.41) is 65.9. The molecule has 3 rings (SSSR count). The molecule has 0 saturated heterocycles. The first-order valence-electron chi connectivity index (χ1n) is 15.2. The van der Waals surface area contributed by atoms with E-state index in [0.717, 1.165) is 0 Å². The van der Waals surface area contributed by atoms with E-state index in [-0.39, 0.29) is 35.6 Å². The summed E-state index contributed by atoms with van der Waals surface area (Å²) in [4.78, 5) is 88.4. The van der Waals surface area contributed by atoms with Crippen molar-refractivity contribution in [3.63, 3.8) is 0 Å². The number of benzene rings is 1. The molecule has 1 aromatic carbocycles. The molecule has 0 aliphatic carbocycles. The van der Waals surface area contributed by atoms with Gasteiger partial charge in [0.2, 0.25) is 11.9 Å². The lowest BCUT2D eigenvalue weighted by Gasteiger charge is -2.29. The van der Waals surface area contributed by atoms with Crippen molar-refractivity contribution in [3.05, 3.63) is 52.1 Å². The van der Waals surface area contributed by atoms with Crippen molar-refractivity contribution in [1.29, 1.82) is 0 Å². The summed E-state index contributed by atoms with van der Waals surface area (Å²) in [6.07, 6.45) is -6.48. The van der Waals surface area contributed by atoms with Crippen molar-refractivity contribution in [2.24, 2.45) is 5.92 Å². The maximum absolute atomic E-state index is 12.8. The number of nitrogens with one attached hydrogen (secondary N) is 4. The molecule has 0 saturated carbocycles. The van der Waals surface area contributed by atoms with E-state index >= 15 is 0 Å². The zero-order valence-corrected chi connectivity index (χ0v) is 26.6. The third-order valence-electron chi connectivity index (χ3n) is 7.57. The first kappa shape index (κ1) is 38.9. The molecule has 2 aromatic heterocycles. The van der Waals surface area contributed by atoms with E-state index in [9.17, 15) is 54.3 Å². The van der Waals surface area contributed by atoms with E-state index in [1.165, 1.54) is 37.4 Å². The van der Waals surface area contributed by atoms with Gasteiger partial charge in [-0.25, -0.2) is 19.6 Å². The molecule has 0 aliphatic heterocycles. The van der Waals surface area contributed by atoms with Crippen LogP contribution in [0.4, 0.5) is 11.6 Å². The largest absolute Gasteiger partial charge is 0.480 e. The van der Waals surface area contributed by atoms with Crippen molar-refractivity contribution in [2.75, 3.05) is 17.7 Å². The number of carbonyl (C=O) groups is 5. The number of amides is 2. The molecule has 0 spiro atoms. The van der Waals surface area contributed by atoms with Crippen LogP contribution in [0.3, 0.4) is 0 Å². The number of aromatic amines is 1. The number of rotatable bonds is 19. The lowest BCUT2D eigenvalue weighted by Crippen LogP contribution is -2.51. The fraction of sp³-hybridized carbons (Fsp3) is 0.433. The van der Waals surface area contributed by atoms with Gasteiger partial charge < -0.3 is 52.3 Å². The number of nitrogens with zero attached hydrogens (tertiary/aromatic N) is 3. The first-order chi connectivity index (χ1) is 23.6. The highest BCUT2D eigenvalue weighted by Crippen LogP contribution is 2.19. The van der Waals surface area contributed by atoms with Crippen LogP contribution in [0.5, 0.6) is 0 Å².